The third-order valence-electron chi connectivity index (χ3n) is 5.89. The maximum Gasteiger partial charge on any atom is 0.294 e. The summed E-state index contributed by atoms with van der Waals surface area (Å²) in [5.74, 6) is -1.13. The molecule has 1 atom stereocenters. The van der Waals surface area contributed by atoms with E-state index in [0.29, 0.717) is 40.3 Å². The number of pyridine rings is 2. The smallest absolute Gasteiger partial charge is 0.294 e. The van der Waals surface area contributed by atoms with Crippen molar-refractivity contribution in [3.8, 4) is 11.3 Å². The summed E-state index contributed by atoms with van der Waals surface area (Å²) >= 11 is 6.53. The third kappa shape index (κ3) is 4.52. The molecule has 5 heterocycles. The number of aromatic nitrogens is 6. The average molecular weight is 507 g/mol. The monoisotopic (exact) mass is 506 g/mol. The lowest BCUT2D eigenvalue weighted by Crippen LogP contribution is -2.40. The van der Waals surface area contributed by atoms with Crippen LogP contribution in [0.15, 0.2) is 55.8 Å². The molecular weight excluding hydrogens is 487 g/mol. The van der Waals surface area contributed by atoms with Crippen molar-refractivity contribution in [2.75, 3.05) is 18.4 Å². The van der Waals surface area contributed by atoms with Gasteiger partial charge in [0.05, 0.1) is 22.8 Å². The van der Waals surface area contributed by atoms with Crippen LogP contribution >= 0.6 is 11.6 Å². The number of carbonyl (C=O) groups is 2. The van der Waals surface area contributed by atoms with Crippen LogP contribution in [0.3, 0.4) is 0 Å². The number of anilines is 1. The van der Waals surface area contributed by atoms with E-state index in [0.717, 1.165) is 19.0 Å². The van der Waals surface area contributed by atoms with Crippen molar-refractivity contribution in [2.45, 2.75) is 18.9 Å². The second-order valence-corrected chi connectivity index (χ2v) is 8.61. The van der Waals surface area contributed by atoms with E-state index < -0.39 is 11.7 Å². The fourth-order valence-electron chi connectivity index (χ4n) is 4.20. The average Bonchev–Trinajstić information content (AvgIpc) is 3.31. The lowest BCUT2D eigenvalue weighted by molar-refractivity contribution is -0.127. The standard InChI is InChI=1S/C24H20ClFN8O2/c1-2-20(35)33-7-3-4-16(13-33)34-22-17(11-27-12-18(22)25)21(32-34)14-8-29-23(30-9-14)24(36)31-19-6-5-15(26)10-28-19/h2,5-6,8-12,16H,1,3-4,7,13H2,(H,28,31,36). The van der Waals surface area contributed by atoms with Crippen molar-refractivity contribution in [2.24, 2.45) is 0 Å². The van der Waals surface area contributed by atoms with Crippen molar-refractivity contribution in [3.63, 3.8) is 0 Å². The first-order valence-electron chi connectivity index (χ1n) is 11.1. The van der Waals surface area contributed by atoms with Gasteiger partial charge in [0.1, 0.15) is 17.3 Å². The molecule has 0 radical (unpaired) electrons. The van der Waals surface area contributed by atoms with Gasteiger partial charge in [-0.2, -0.15) is 5.10 Å². The summed E-state index contributed by atoms with van der Waals surface area (Å²) in [6, 6.07) is 2.44. The molecule has 1 fully saturated rings. The molecule has 2 amide bonds. The Labute approximate surface area is 209 Å². The highest BCUT2D eigenvalue weighted by Crippen LogP contribution is 2.35. The molecular formula is C24H20ClFN8O2. The summed E-state index contributed by atoms with van der Waals surface area (Å²) < 4.78 is 14.9. The van der Waals surface area contributed by atoms with Crippen LogP contribution in [0.25, 0.3) is 22.2 Å². The number of hydrogen-bond donors (Lipinski definition) is 1. The number of likely N-dealkylation sites (tertiary alicyclic amines) is 1. The lowest BCUT2D eigenvalue weighted by Gasteiger charge is -2.32. The number of nitrogens with zero attached hydrogens (tertiary/aromatic N) is 7. The summed E-state index contributed by atoms with van der Waals surface area (Å²) in [6.07, 6.45) is 10.1. The molecule has 10 nitrogen and oxygen atoms in total. The molecule has 4 aromatic rings. The van der Waals surface area contributed by atoms with Gasteiger partial charge in [-0.3, -0.25) is 19.3 Å². The van der Waals surface area contributed by atoms with Crippen LogP contribution in [0.2, 0.25) is 5.02 Å². The molecule has 5 rings (SSSR count). The van der Waals surface area contributed by atoms with Gasteiger partial charge < -0.3 is 10.2 Å². The molecule has 1 aliphatic heterocycles. The Morgan fingerprint density at radius 3 is 2.67 bits per heavy atom. The van der Waals surface area contributed by atoms with Crippen LogP contribution in [-0.2, 0) is 4.79 Å². The Balaban J connectivity index is 1.45. The predicted molar refractivity (Wildman–Crippen MR) is 131 cm³/mol. The molecule has 4 aromatic heterocycles. The number of amides is 2. The topological polar surface area (TPSA) is 119 Å². The molecule has 0 spiro atoms. The number of hydrogen-bond acceptors (Lipinski definition) is 7. The minimum Gasteiger partial charge on any atom is -0.337 e. The van der Waals surface area contributed by atoms with E-state index in [1.54, 1.807) is 17.3 Å². The quantitative estimate of drug-likeness (QED) is 0.410. The van der Waals surface area contributed by atoms with E-state index in [9.17, 15) is 14.0 Å². The van der Waals surface area contributed by atoms with E-state index in [2.05, 4.69) is 31.8 Å². The molecule has 0 aromatic carbocycles. The van der Waals surface area contributed by atoms with Crippen LogP contribution in [0.1, 0.15) is 29.5 Å². The van der Waals surface area contributed by atoms with E-state index in [-0.39, 0.29) is 23.6 Å². The molecule has 0 aliphatic carbocycles. The van der Waals surface area contributed by atoms with Gasteiger partial charge in [-0.1, -0.05) is 18.2 Å². The maximum absolute atomic E-state index is 13.0. The Hall–Kier alpha value is -4.25. The molecule has 1 unspecified atom stereocenters. The van der Waals surface area contributed by atoms with E-state index >= 15 is 0 Å². The zero-order valence-corrected chi connectivity index (χ0v) is 19.7. The van der Waals surface area contributed by atoms with Gasteiger partial charge in [0.15, 0.2) is 0 Å². The summed E-state index contributed by atoms with van der Waals surface area (Å²) in [5, 5.41) is 8.47. The predicted octanol–water partition coefficient (Wildman–Crippen LogP) is 3.68. The maximum atomic E-state index is 13.0. The Morgan fingerprint density at radius 1 is 1.14 bits per heavy atom. The molecule has 182 valence electrons. The van der Waals surface area contributed by atoms with E-state index in [4.69, 9.17) is 16.7 Å². The fraction of sp³-hybridized carbons (Fsp3) is 0.208. The van der Waals surface area contributed by atoms with Gasteiger partial charge in [0.25, 0.3) is 5.91 Å². The summed E-state index contributed by atoms with van der Waals surface area (Å²) in [4.78, 5) is 42.8. The van der Waals surface area contributed by atoms with Crippen LogP contribution in [-0.4, -0.2) is 59.5 Å². The largest absolute Gasteiger partial charge is 0.337 e. The van der Waals surface area contributed by atoms with E-state index in [1.165, 1.54) is 30.6 Å². The minimum atomic E-state index is -0.588. The van der Waals surface area contributed by atoms with Crippen molar-refractivity contribution < 1.29 is 14.0 Å². The number of halogens is 2. The number of piperidine rings is 1. The second kappa shape index (κ2) is 9.78. The molecule has 1 saturated heterocycles. The number of carbonyl (C=O) groups excluding carboxylic acids is 2. The molecule has 0 saturated carbocycles. The first-order valence-corrected chi connectivity index (χ1v) is 11.5. The molecule has 36 heavy (non-hydrogen) atoms. The number of rotatable bonds is 5. The zero-order valence-electron chi connectivity index (χ0n) is 18.9. The van der Waals surface area contributed by atoms with Gasteiger partial charge in [-0.05, 0) is 31.1 Å². The fourth-order valence-corrected chi connectivity index (χ4v) is 4.44. The van der Waals surface area contributed by atoms with Crippen molar-refractivity contribution in [1.29, 1.82) is 0 Å². The third-order valence-corrected chi connectivity index (χ3v) is 6.17. The van der Waals surface area contributed by atoms with Crippen molar-refractivity contribution in [3.05, 3.63) is 72.4 Å². The molecule has 1 N–H and O–H groups in total. The normalized spacial score (nSPS) is 15.6. The van der Waals surface area contributed by atoms with Crippen molar-refractivity contribution >= 4 is 40.1 Å². The first-order chi connectivity index (χ1) is 17.4. The molecule has 12 heteroatoms. The van der Waals surface area contributed by atoms with Gasteiger partial charge >= 0.3 is 0 Å². The van der Waals surface area contributed by atoms with Gasteiger partial charge in [0.2, 0.25) is 11.7 Å². The van der Waals surface area contributed by atoms with Gasteiger partial charge in [-0.25, -0.2) is 19.3 Å². The Bertz CT molecular complexity index is 1460. The zero-order chi connectivity index (χ0) is 25.2. The highest BCUT2D eigenvalue weighted by molar-refractivity contribution is 6.35. The first kappa shape index (κ1) is 23.5. The van der Waals surface area contributed by atoms with Crippen molar-refractivity contribution in [1.82, 2.24) is 34.6 Å². The second-order valence-electron chi connectivity index (χ2n) is 8.21. The number of fused-ring (bicyclic) bond motifs is 1. The number of nitrogens with one attached hydrogen (secondary N) is 1. The van der Waals surface area contributed by atoms with Crippen LogP contribution in [0, 0.1) is 5.82 Å². The van der Waals surface area contributed by atoms with E-state index in [1.807, 2.05) is 4.68 Å². The van der Waals surface area contributed by atoms with Crippen LogP contribution in [0.4, 0.5) is 10.2 Å². The van der Waals surface area contributed by atoms with Crippen LogP contribution in [0.5, 0.6) is 0 Å². The Kier molecular flexibility index (Phi) is 6.38. The summed E-state index contributed by atoms with van der Waals surface area (Å²) in [5.41, 5.74) is 1.82. The minimum absolute atomic E-state index is 0.0874. The molecule has 0 bridgehead atoms. The highest BCUT2D eigenvalue weighted by atomic mass is 35.5. The Morgan fingerprint density at radius 2 is 1.94 bits per heavy atom. The summed E-state index contributed by atoms with van der Waals surface area (Å²) in [6.45, 7) is 4.72. The lowest BCUT2D eigenvalue weighted by atomic mass is 10.1. The van der Waals surface area contributed by atoms with Gasteiger partial charge in [0, 0.05) is 48.8 Å². The highest BCUT2D eigenvalue weighted by Gasteiger charge is 2.27. The van der Waals surface area contributed by atoms with Crippen LogP contribution < -0.4 is 5.32 Å². The SMILES string of the molecule is C=CC(=O)N1CCCC(n2nc(-c3cnc(C(=O)Nc4ccc(F)cn4)nc3)c3cncc(Cl)c32)C1. The summed E-state index contributed by atoms with van der Waals surface area (Å²) in [7, 11) is 0. The van der Waals surface area contributed by atoms with Gasteiger partial charge in [-0.15, -0.1) is 0 Å². The molecule has 1 aliphatic rings.